The van der Waals surface area contributed by atoms with Gasteiger partial charge in [-0.15, -0.1) is 0 Å². The van der Waals surface area contributed by atoms with Crippen molar-refractivity contribution in [3.8, 4) is 0 Å². The molecule has 1 rings (SSSR count). The van der Waals surface area contributed by atoms with Gasteiger partial charge in [0.25, 0.3) is 0 Å². The molecular weight excluding hydrogens is 232 g/mol. The second kappa shape index (κ2) is 7.66. The summed E-state index contributed by atoms with van der Waals surface area (Å²) in [6, 6.07) is 11.0. The molecule has 0 fully saturated rings. The Labute approximate surface area is 119 Å². The molecule has 0 radical (unpaired) electrons. The molecule has 0 aliphatic heterocycles. The standard InChI is InChI=1S/C17H30N2/c1-5-7-13-16(19(3)4)17(18,14-6-2)15-11-9-8-10-12-15/h8-12,16H,5-7,13-14,18H2,1-4H3. The Morgan fingerprint density at radius 1 is 1.11 bits per heavy atom. The molecule has 2 nitrogen and oxygen atoms in total. The number of nitrogens with two attached hydrogens (primary N) is 1. The van der Waals surface area contributed by atoms with E-state index in [1.165, 1.54) is 18.4 Å². The van der Waals surface area contributed by atoms with E-state index < -0.39 is 0 Å². The zero-order valence-electron chi connectivity index (χ0n) is 13.0. The molecule has 0 heterocycles. The molecule has 0 saturated heterocycles. The number of nitrogens with zero attached hydrogens (tertiary/aromatic N) is 1. The predicted molar refractivity (Wildman–Crippen MR) is 84.2 cm³/mol. The zero-order valence-corrected chi connectivity index (χ0v) is 13.0. The van der Waals surface area contributed by atoms with Gasteiger partial charge in [-0.25, -0.2) is 0 Å². The number of likely N-dealkylation sites (N-methyl/N-ethyl adjacent to an activating group) is 1. The summed E-state index contributed by atoms with van der Waals surface area (Å²) < 4.78 is 0. The van der Waals surface area contributed by atoms with Gasteiger partial charge in [0.2, 0.25) is 0 Å². The third-order valence-electron chi connectivity index (χ3n) is 4.02. The van der Waals surface area contributed by atoms with Crippen LogP contribution in [0.5, 0.6) is 0 Å². The molecule has 2 atom stereocenters. The third kappa shape index (κ3) is 4.05. The number of unbranched alkanes of at least 4 members (excludes halogenated alkanes) is 1. The largest absolute Gasteiger partial charge is 0.320 e. The van der Waals surface area contributed by atoms with E-state index in [4.69, 9.17) is 5.73 Å². The van der Waals surface area contributed by atoms with Crippen LogP contribution in [0.1, 0.15) is 51.5 Å². The van der Waals surface area contributed by atoms with Crippen LogP contribution in [0.15, 0.2) is 30.3 Å². The summed E-state index contributed by atoms with van der Waals surface area (Å²) in [4.78, 5) is 2.30. The van der Waals surface area contributed by atoms with Crippen LogP contribution in [0, 0.1) is 0 Å². The highest BCUT2D eigenvalue weighted by Crippen LogP contribution is 2.32. The van der Waals surface area contributed by atoms with E-state index >= 15 is 0 Å². The first kappa shape index (κ1) is 16.2. The number of rotatable bonds is 8. The fourth-order valence-corrected chi connectivity index (χ4v) is 3.04. The minimum atomic E-state index is -0.241. The minimum Gasteiger partial charge on any atom is -0.320 e. The Kier molecular flexibility index (Phi) is 6.53. The molecule has 1 aromatic carbocycles. The van der Waals surface area contributed by atoms with Gasteiger partial charge in [-0.3, -0.25) is 0 Å². The molecule has 0 aliphatic carbocycles. The van der Waals surface area contributed by atoms with Crippen LogP contribution in [-0.2, 0) is 5.54 Å². The Morgan fingerprint density at radius 3 is 2.21 bits per heavy atom. The summed E-state index contributed by atoms with van der Waals surface area (Å²) in [5.74, 6) is 0. The van der Waals surface area contributed by atoms with Gasteiger partial charge in [0.15, 0.2) is 0 Å². The monoisotopic (exact) mass is 262 g/mol. The normalized spacial score (nSPS) is 16.3. The minimum absolute atomic E-state index is 0.241. The smallest absolute Gasteiger partial charge is 0.0566 e. The average Bonchev–Trinajstić information content (AvgIpc) is 2.40. The van der Waals surface area contributed by atoms with Gasteiger partial charge in [0.05, 0.1) is 5.54 Å². The highest BCUT2D eigenvalue weighted by atomic mass is 15.1. The van der Waals surface area contributed by atoms with Crippen LogP contribution in [-0.4, -0.2) is 25.0 Å². The van der Waals surface area contributed by atoms with Crippen molar-refractivity contribution in [3.05, 3.63) is 35.9 Å². The van der Waals surface area contributed by atoms with Gasteiger partial charge in [0, 0.05) is 6.04 Å². The topological polar surface area (TPSA) is 29.3 Å². The lowest BCUT2D eigenvalue weighted by Crippen LogP contribution is -2.54. The van der Waals surface area contributed by atoms with Gasteiger partial charge in [0.1, 0.15) is 0 Å². The maximum Gasteiger partial charge on any atom is 0.0566 e. The highest BCUT2D eigenvalue weighted by Gasteiger charge is 2.36. The SMILES string of the molecule is CCCCC(N(C)C)C(N)(CCC)c1ccccc1. The molecule has 0 amide bonds. The molecule has 2 heteroatoms. The van der Waals surface area contributed by atoms with E-state index in [2.05, 4.69) is 63.2 Å². The lowest BCUT2D eigenvalue weighted by atomic mass is 9.77. The molecule has 0 saturated carbocycles. The first-order valence-corrected chi connectivity index (χ1v) is 7.57. The Hall–Kier alpha value is -0.860. The molecule has 2 N–H and O–H groups in total. The van der Waals surface area contributed by atoms with E-state index in [0.29, 0.717) is 6.04 Å². The van der Waals surface area contributed by atoms with Gasteiger partial charge >= 0.3 is 0 Å². The highest BCUT2D eigenvalue weighted by molar-refractivity contribution is 5.26. The molecule has 2 unspecified atom stereocenters. The van der Waals surface area contributed by atoms with Crippen molar-refractivity contribution in [1.29, 1.82) is 0 Å². The van der Waals surface area contributed by atoms with Gasteiger partial charge < -0.3 is 10.6 Å². The van der Waals surface area contributed by atoms with Crippen LogP contribution in [0.25, 0.3) is 0 Å². The van der Waals surface area contributed by atoms with Gasteiger partial charge in [-0.05, 0) is 32.5 Å². The lowest BCUT2D eigenvalue weighted by Gasteiger charge is -2.42. The summed E-state index contributed by atoms with van der Waals surface area (Å²) >= 11 is 0. The average molecular weight is 262 g/mol. The second-order valence-electron chi connectivity index (χ2n) is 5.78. The molecular formula is C17H30N2. The fraction of sp³-hybridized carbons (Fsp3) is 0.647. The molecule has 0 aromatic heterocycles. The Morgan fingerprint density at radius 2 is 1.74 bits per heavy atom. The third-order valence-corrected chi connectivity index (χ3v) is 4.02. The molecule has 0 bridgehead atoms. The summed E-state index contributed by atoms with van der Waals surface area (Å²) in [7, 11) is 4.31. The summed E-state index contributed by atoms with van der Waals surface area (Å²) in [5, 5.41) is 0. The van der Waals surface area contributed by atoms with Crippen molar-refractivity contribution >= 4 is 0 Å². The van der Waals surface area contributed by atoms with Crippen LogP contribution >= 0.6 is 0 Å². The van der Waals surface area contributed by atoms with Crippen LogP contribution in [0.2, 0.25) is 0 Å². The van der Waals surface area contributed by atoms with Crippen LogP contribution in [0.4, 0.5) is 0 Å². The lowest BCUT2D eigenvalue weighted by molar-refractivity contribution is 0.152. The maximum absolute atomic E-state index is 6.87. The number of hydrogen-bond acceptors (Lipinski definition) is 2. The summed E-state index contributed by atoms with van der Waals surface area (Å²) in [5.41, 5.74) is 7.90. The summed E-state index contributed by atoms with van der Waals surface area (Å²) in [6.07, 6.45) is 5.76. The molecule has 1 aromatic rings. The first-order valence-electron chi connectivity index (χ1n) is 7.57. The molecule has 19 heavy (non-hydrogen) atoms. The summed E-state index contributed by atoms with van der Waals surface area (Å²) in [6.45, 7) is 4.46. The van der Waals surface area contributed by atoms with Crippen molar-refractivity contribution in [2.75, 3.05) is 14.1 Å². The van der Waals surface area contributed by atoms with Crippen LogP contribution < -0.4 is 5.73 Å². The van der Waals surface area contributed by atoms with Crippen LogP contribution in [0.3, 0.4) is 0 Å². The Bertz CT molecular complexity index is 348. The second-order valence-corrected chi connectivity index (χ2v) is 5.78. The van der Waals surface area contributed by atoms with E-state index in [9.17, 15) is 0 Å². The van der Waals surface area contributed by atoms with Gasteiger partial charge in [-0.1, -0.05) is 63.4 Å². The van der Waals surface area contributed by atoms with E-state index in [-0.39, 0.29) is 5.54 Å². The Balaban J connectivity index is 3.07. The van der Waals surface area contributed by atoms with Crippen molar-refractivity contribution < 1.29 is 0 Å². The quantitative estimate of drug-likeness (QED) is 0.773. The fourth-order valence-electron chi connectivity index (χ4n) is 3.04. The molecule has 0 spiro atoms. The van der Waals surface area contributed by atoms with E-state index in [1.54, 1.807) is 0 Å². The van der Waals surface area contributed by atoms with Crippen molar-refractivity contribution in [2.24, 2.45) is 5.73 Å². The van der Waals surface area contributed by atoms with Crippen molar-refractivity contribution in [3.63, 3.8) is 0 Å². The molecule has 108 valence electrons. The predicted octanol–water partition coefficient (Wildman–Crippen LogP) is 3.76. The van der Waals surface area contributed by atoms with Crippen molar-refractivity contribution in [2.45, 2.75) is 57.5 Å². The number of hydrogen-bond donors (Lipinski definition) is 1. The zero-order chi connectivity index (χ0) is 14.3. The number of benzene rings is 1. The molecule has 0 aliphatic rings. The maximum atomic E-state index is 6.87. The van der Waals surface area contributed by atoms with E-state index in [1.807, 2.05) is 0 Å². The van der Waals surface area contributed by atoms with Crippen molar-refractivity contribution in [1.82, 2.24) is 4.90 Å². The first-order chi connectivity index (χ1) is 9.06. The van der Waals surface area contributed by atoms with Gasteiger partial charge in [-0.2, -0.15) is 0 Å². The van der Waals surface area contributed by atoms with E-state index in [0.717, 1.165) is 19.3 Å².